The van der Waals surface area contributed by atoms with E-state index in [9.17, 15) is 15.0 Å². The van der Waals surface area contributed by atoms with Crippen LogP contribution in [-0.2, 0) is 11.2 Å². The highest BCUT2D eigenvalue weighted by Crippen LogP contribution is 2.25. The Kier molecular flexibility index (Phi) is 3.19. The van der Waals surface area contributed by atoms with Crippen LogP contribution in [0.25, 0.3) is 10.9 Å². The number of carbonyl (C=O) groups is 1. The molecule has 0 fully saturated rings. The minimum absolute atomic E-state index is 0.108. The number of aromatic nitrogens is 2. The van der Waals surface area contributed by atoms with Crippen molar-refractivity contribution in [2.75, 3.05) is 5.32 Å². The summed E-state index contributed by atoms with van der Waals surface area (Å²) in [6.07, 6.45) is 1.79. The van der Waals surface area contributed by atoms with Crippen molar-refractivity contribution < 1.29 is 15.0 Å². The molecule has 0 radical (unpaired) electrons. The number of rotatable bonds is 3. The number of H-pyrrole nitrogens is 1. The Morgan fingerprint density at radius 1 is 1.14 bits per heavy atom. The van der Waals surface area contributed by atoms with Crippen molar-refractivity contribution >= 4 is 22.5 Å². The highest BCUT2D eigenvalue weighted by molar-refractivity contribution is 5.94. The van der Waals surface area contributed by atoms with Crippen LogP contribution < -0.4 is 5.32 Å². The van der Waals surface area contributed by atoms with Gasteiger partial charge in [-0.05, 0) is 35.9 Å². The number of benzene rings is 2. The van der Waals surface area contributed by atoms with Gasteiger partial charge in [-0.3, -0.25) is 9.89 Å². The van der Waals surface area contributed by atoms with E-state index in [4.69, 9.17) is 0 Å². The van der Waals surface area contributed by atoms with Gasteiger partial charge in [0.25, 0.3) is 0 Å². The van der Waals surface area contributed by atoms with Crippen molar-refractivity contribution in [3.63, 3.8) is 0 Å². The lowest BCUT2D eigenvalue weighted by atomic mass is 10.1. The number of carbonyl (C=O) groups excluding carboxylic acids is 1. The van der Waals surface area contributed by atoms with Gasteiger partial charge in [-0.1, -0.05) is 6.07 Å². The molecule has 0 saturated heterocycles. The average Bonchev–Trinajstić information content (AvgIpc) is 2.90. The summed E-state index contributed by atoms with van der Waals surface area (Å²) in [5.41, 5.74) is 2.19. The predicted octanol–water partition coefficient (Wildman–Crippen LogP) is 2.16. The first-order valence-electron chi connectivity index (χ1n) is 6.35. The fraction of sp³-hybridized carbons (Fsp3) is 0.0667. The molecule has 0 aliphatic heterocycles. The van der Waals surface area contributed by atoms with Crippen molar-refractivity contribution in [1.82, 2.24) is 10.2 Å². The smallest absolute Gasteiger partial charge is 0.228 e. The second kappa shape index (κ2) is 5.16. The van der Waals surface area contributed by atoms with E-state index in [2.05, 4.69) is 15.5 Å². The van der Waals surface area contributed by atoms with Crippen LogP contribution in [0.4, 0.5) is 5.69 Å². The van der Waals surface area contributed by atoms with E-state index < -0.39 is 0 Å². The molecule has 6 heteroatoms. The molecule has 0 bridgehead atoms. The average molecular weight is 283 g/mol. The lowest BCUT2D eigenvalue weighted by Crippen LogP contribution is -2.14. The van der Waals surface area contributed by atoms with Gasteiger partial charge in [0, 0.05) is 11.1 Å². The molecule has 21 heavy (non-hydrogen) atoms. The summed E-state index contributed by atoms with van der Waals surface area (Å²) >= 11 is 0. The molecular weight excluding hydrogens is 270 g/mol. The highest BCUT2D eigenvalue weighted by atomic mass is 16.3. The molecular formula is C15H13N3O3. The topological polar surface area (TPSA) is 98.2 Å². The van der Waals surface area contributed by atoms with Gasteiger partial charge in [-0.15, -0.1) is 0 Å². The molecule has 2 aromatic carbocycles. The molecule has 3 rings (SSSR count). The van der Waals surface area contributed by atoms with Crippen LogP contribution in [0.15, 0.2) is 42.6 Å². The zero-order valence-electron chi connectivity index (χ0n) is 11.0. The summed E-state index contributed by atoms with van der Waals surface area (Å²) in [7, 11) is 0. The number of hydrogen-bond donors (Lipinski definition) is 4. The van der Waals surface area contributed by atoms with Crippen LogP contribution in [0, 0.1) is 0 Å². The Morgan fingerprint density at radius 3 is 2.81 bits per heavy atom. The van der Waals surface area contributed by atoms with Gasteiger partial charge in [0.1, 0.15) is 0 Å². The van der Waals surface area contributed by atoms with Crippen molar-refractivity contribution in [1.29, 1.82) is 0 Å². The number of nitrogens with one attached hydrogen (secondary N) is 2. The number of aromatic hydroxyl groups is 2. The van der Waals surface area contributed by atoms with Crippen molar-refractivity contribution in [2.45, 2.75) is 6.42 Å². The minimum atomic E-state index is -0.236. The monoisotopic (exact) mass is 283 g/mol. The van der Waals surface area contributed by atoms with Gasteiger partial charge in [-0.2, -0.15) is 5.10 Å². The lowest BCUT2D eigenvalue weighted by Gasteiger charge is -2.06. The zero-order chi connectivity index (χ0) is 14.8. The molecule has 6 nitrogen and oxygen atoms in total. The number of aromatic amines is 1. The SMILES string of the molecule is O=C(Cc1ccc(O)c(O)c1)Nc1ccc2[nH]ncc2c1. The maximum Gasteiger partial charge on any atom is 0.228 e. The number of amides is 1. The third-order valence-corrected chi connectivity index (χ3v) is 3.13. The molecule has 0 aliphatic carbocycles. The first-order chi connectivity index (χ1) is 10.1. The van der Waals surface area contributed by atoms with Gasteiger partial charge < -0.3 is 15.5 Å². The summed E-state index contributed by atoms with van der Waals surface area (Å²) in [5, 5.41) is 29.1. The maximum absolute atomic E-state index is 12.0. The molecule has 0 spiro atoms. The number of anilines is 1. The van der Waals surface area contributed by atoms with E-state index in [0.717, 1.165) is 10.9 Å². The Hall–Kier alpha value is -3.02. The summed E-state index contributed by atoms with van der Waals surface area (Å²) in [6, 6.07) is 9.76. The van der Waals surface area contributed by atoms with Crippen molar-refractivity contribution in [3.8, 4) is 11.5 Å². The van der Waals surface area contributed by atoms with Crippen LogP contribution >= 0.6 is 0 Å². The normalized spacial score (nSPS) is 10.7. The van der Waals surface area contributed by atoms with Gasteiger partial charge in [0.2, 0.25) is 5.91 Å². The van der Waals surface area contributed by atoms with E-state index in [1.165, 1.54) is 12.1 Å². The molecule has 0 atom stereocenters. The summed E-state index contributed by atoms with van der Waals surface area (Å²) in [4.78, 5) is 12.0. The maximum atomic E-state index is 12.0. The van der Waals surface area contributed by atoms with Gasteiger partial charge >= 0.3 is 0 Å². The van der Waals surface area contributed by atoms with Gasteiger partial charge in [-0.25, -0.2) is 0 Å². The van der Waals surface area contributed by atoms with Crippen LogP contribution in [-0.4, -0.2) is 26.3 Å². The Balaban J connectivity index is 1.71. The molecule has 1 heterocycles. The zero-order valence-corrected chi connectivity index (χ0v) is 11.0. The quantitative estimate of drug-likeness (QED) is 0.553. The van der Waals surface area contributed by atoms with Gasteiger partial charge in [0.15, 0.2) is 11.5 Å². The molecule has 106 valence electrons. The van der Waals surface area contributed by atoms with E-state index in [1.54, 1.807) is 18.3 Å². The van der Waals surface area contributed by atoms with E-state index >= 15 is 0 Å². The molecule has 3 aromatic rings. The van der Waals surface area contributed by atoms with Crippen LogP contribution in [0.1, 0.15) is 5.56 Å². The van der Waals surface area contributed by atoms with Gasteiger partial charge in [0.05, 0.1) is 18.1 Å². The predicted molar refractivity (Wildman–Crippen MR) is 78.2 cm³/mol. The standard InChI is InChI=1S/C15H13N3O3/c19-13-4-1-9(5-14(13)20)6-15(21)17-11-2-3-12-10(7-11)8-16-18-12/h1-5,7-8,19-20H,6H2,(H,16,18)(H,17,21). The Labute approximate surface area is 120 Å². The first kappa shape index (κ1) is 13.0. The second-order valence-electron chi connectivity index (χ2n) is 4.72. The number of nitrogens with zero attached hydrogens (tertiary/aromatic N) is 1. The fourth-order valence-corrected chi connectivity index (χ4v) is 2.09. The van der Waals surface area contributed by atoms with Crippen molar-refractivity contribution in [3.05, 3.63) is 48.2 Å². The summed E-state index contributed by atoms with van der Waals surface area (Å²) in [5.74, 6) is -0.646. The number of fused-ring (bicyclic) bond motifs is 1. The molecule has 0 saturated carbocycles. The highest BCUT2D eigenvalue weighted by Gasteiger charge is 2.07. The van der Waals surface area contributed by atoms with Crippen LogP contribution in [0.2, 0.25) is 0 Å². The third-order valence-electron chi connectivity index (χ3n) is 3.13. The number of hydrogen-bond acceptors (Lipinski definition) is 4. The number of phenolic OH excluding ortho intramolecular Hbond substituents is 2. The first-order valence-corrected chi connectivity index (χ1v) is 6.35. The summed E-state index contributed by atoms with van der Waals surface area (Å²) in [6.45, 7) is 0. The van der Waals surface area contributed by atoms with E-state index in [1.807, 2.05) is 12.1 Å². The van der Waals surface area contributed by atoms with E-state index in [-0.39, 0.29) is 23.8 Å². The minimum Gasteiger partial charge on any atom is -0.504 e. The molecule has 4 N–H and O–H groups in total. The lowest BCUT2D eigenvalue weighted by molar-refractivity contribution is -0.115. The van der Waals surface area contributed by atoms with E-state index in [0.29, 0.717) is 11.3 Å². The molecule has 0 unspecified atom stereocenters. The van der Waals surface area contributed by atoms with Crippen LogP contribution in [0.3, 0.4) is 0 Å². The Bertz CT molecular complexity index is 811. The molecule has 0 aliphatic rings. The third kappa shape index (κ3) is 2.79. The fourth-order valence-electron chi connectivity index (χ4n) is 2.09. The second-order valence-corrected chi connectivity index (χ2v) is 4.72. The summed E-state index contributed by atoms with van der Waals surface area (Å²) < 4.78 is 0. The molecule has 1 aromatic heterocycles. The molecule has 1 amide bonds. The Morgan fingerprint density at radius 2 is 2.00 bits per heavy atom. The largest absolute Gasteiger partial charge is 0.504 e. The number of phenols is 2. The van der Waals surface area contributed by atoms with Crippen molar-refractivity contribution in [2.24, 2.45) is 0 Å². The van der Waals surface area contributed by atoms with Crippen LogP contribution in [0.5, 0.6) is 11.5 Å².